The molecule has 0 aliphatic carbocycles. The lowest BCUT2D eigenvalue weighted by Crippen LogP contribution is -2.45. The highest BCUT2D eigenvalue weighted by Crippen LogP contribution is 2.19. The van der Waals surface area contributed by atoms with Gasteiger partial charge in [-0.2, -0.15) is 11.3 Å². The van der Waals surface area contributed by atoms with Crippen LogP contribution in [-0.2, 0) is 6.54 Å². The molecule has 18 heavy (non-hydrogen) atoms. The van der Waals surface area contributed by atoms with Crippen LogP contribution in [0, 0.1) is 5.92 Å². The zero-order chi connectivity index (χ0) is 13.0. The summed E-state index contributed by atoms with van der Waals surface area (Å²) in [7, 11) is 0. The molecule has 0 amide bonds. The normalized spacial score (nSPS) is 24.3. The second-order valence-corrected chi connectivity index (χ2v) is 6.63. The van der Waals surface area contributed by atoms with Crippen molar-refractivity contribution in [3.05, 3.63) is 22.4 Å². The lowest BCUT2D eigenvalue weighted by molar-refractivity contribution is 0.0150. The molecule has 2 rings (SSSR count). The van der Waals surface area contributed by atoms with E-state index in [0.717, 1.165) is 39.1 Å². The summed E-state index contributed by atoms with van der Waals surface area (Å²) in [6.07, 6.45) is 0.866. The molecule has 0 radical (unpaired) electrons. The molecule has 2 heterocycles. The maximum absolute atomic E-state index is 10.5. The van der Waals surface area contributed by atoms with Gasteiger partial charge in [0.1, 0.15) is 0 Å². The van der Waals surface area contributed by atoms with Crippen LogP contribution in [0.2, 0.25) is 0 Å². The molecule has 1 fully saturated rings. The lowest BCUT2D eigenvalue weighted by Gasteiger charge is -2.31. The predicted molar refractivity (Wildman–Crippen MR) is 76.9 cm³/mol. The topological polar surface area (TPSA) is 35.5 Å². The van der Waals surface area contributed by atoms with Gasteiger partial charge in [0.2, 0.25) is 0 Å². The van der Waals surface area contributed by atoms with Crippen LogP contribution in [0.1, 0.15) is 25.8 Å². The number of nitrogens with zero attached hydrogens (tertiary/aromatic N) is 1. The summed E-state index contributed by atoms with van der Waals surface area (Å²) in [6.45, 7) is 8.89. The summed E-state index contributed by atoms with van der Waals surface area (Å²) >= 11 is 1.74. The third-order valence-electron chi connectivity index (χ3n) is 3.35. The molecule has 1 aromatic rings. The molecule has 0 aromatic carbocycles. The summed E-state index contributed by atoms with van der Waals surface area (Å²) in [4.78, 5) is 2.39. The average molecular weight is 268 g/mol. The minimum absolute atomic E-state index is 0.537. The highest BCUT2D eigenvalue weighted by molar-refractivity contribution is 7.07. The SMILES string of the molecule is CC(C)CN(Cc1ccsc1)C[C@@]1(O)CCNC1. The Morgan fingerprint density at radius 2 is 2.39 bits per heavy atom. The van der Waals surface area contributed by atoms with E-state index in [4.69, 9.17) is 0 Å². The fourth-order valence-corrected chi connectivity index (χ4v) is 3.28. The number of rotatable bonds is 6. The molecular weight excluding hydrogens is 244 g/mol. The molecule has 3 nitrogen and oxygen atoms in total. The predicted octanol–water partition coefficient (Wildman–Crippen LogP) is 1.93. The molecule has 4 heteroatoms. The maximum Gasteiger partial charge on any atom is 0.0909 e. The first-order chi connectivity index (χ1) is 8.57. The highest BCUT2D eigenvalue weighted by atomic mass is 32.1. The summed E-state index contributed by atoms with van der Waals surface area (Å²) in [5, 5.41) is 18.1. The Hall–Kier alpha value is -0.420. The lowest BCUT2D eigenvalue weighted by atomic mass is 10.0. The van der Waals surface area contributed by atoms with Crippen LogP contribution in [0.25, 0.3) is 0 Å². The van der Waals surface area contributed by atoms with Crippen molar-refractivity contribution in [1.29, 1.82) is 0 Å². The average Bonchev–Trinajstić information content (AvgIpc) is 2.89. The van der Waals surface area contributed by atoms with Gasteiger partial charge in [-0.25, -0.2) is 0 Å². The van der Waals surface area contributed by atoms with Crippen LogP contribution in [0.4, 0.5) is 0 Å². The van der Waals surface area contributed by atoms with Gasteiger partial charge in [0.05, 0.1) is 5.60 Å². The summed E-state index contributed by atoms with van der Waals surface area (Å²) < 4.78 is 0. The van der Waals surface area contributed by atoms with Crippen molar-refractivity contribution in [2.75, 3.05) is 26.2 Å². The van der Waals surface area contributed by atoms with Crippen LogP contribution >= 0.6 is 11.3 Å². The Labute approximate surface area is 114 Å². The monoisotopic (exact) mass is 268 g/mol. The molecule has 2 N–H and O–H groups in total. The number of thiophene rings is 1. The summed E-state index contributed by atoms with van der Waals surface area (Å²) in [5.41, 5.74) is 0.820. The largest absolute Gasteiger partial charge is 0.387 e. The molecule has 0 bridgehead atoms. The quantitative estimate of drug-likeness (QED) is 0.827. The van der Waals surface area contributed by atoms with Crippen molar-refractivity contribution >= 4 is 11.3 Å². The number of nitrogens with one attached hydrogen (secondary N) is 1. The summed E-state index contributed by atoms with van der Waals surface area (Å²) in [5.74, 6) is 0.626. The van der Waals surface area contributed by atoms with Crippen LogP contribution < -0.4 is 5.32 Å². The molecule has 1 aliphatic heterocycles. The van der Waals surface area contributed by atoms with Crippen LogP contribution in [0.3, 0.4) is 0 Å². The zero-order valence-electron chi connectivity index (χ0n) is 11.4. The second kappa shape index (κ2) is 6.15. The van der Waals surface area contributed by atoms with E-state index >= 15 is 0 Å². The standard InChI is InChI=1S/C14H24N2OS/c1-12(2)7-16(8-13-3-6-18-9-13)11-14(17)4-5-15-10-14/h3,6,9,12,15,17H,4-5,7-8,10-11H2,1-2H3/t14-/m1/s1. The number of hydrogen-bond donors (Lipinski definition) is 2. The Balaban J connectivity index is 1.96. The Kier molecular flexibility index (Phi) is 4.78. The van der Waals surface area contributed by atoms with E-state index < -0.39 is 5.60 Å². The smallest absolute Gasteiger partial charge is 0.0909 e. The third kappa shape index (κ3) is 4.05. The molecule has 1 aliphatic rings. The Morgan fingerprint density at radius 1 is 1.56 bits per heavy atom. The zero-order valence-corrected chi connectivity index (χ0v) is 12.2. The van der Waals surface area contributed by atoms with Gasteiger partial charge < -0.3 is 10.4 Å². The fourth-order valence-electron chi connectivity index (χ4n) is 2.62. The highest BCUT2D eigenvalue weighted by Gasteiger charge is 2.33. The van der Waals surface area contributed by atoms with Crippen molar-refractivity contribution in [1.82, 2.24) is 10.2 Å². The number of hydrogen-bond acceptors (Lipinski definition) is 4. The number of β-amino-alcohol motifs (C(OH)–C–C–N with tert-alkyl or cyclic N) is 1. The molecule has 1 atom stereocenters. The number of aliphatic hydroxyl groups is 1. The van der Waals surface area contributed by atoms with E-state index in [1.165, 1.54) is 5.56 Å². The molecule has 1 aromatic heterocycles. The summed E-state index contributed by atoms with van der Waals surface area (Å²) in [6, 6.07) is 2.18. The van der Waals surface area contributed by atoms with Gasteiger partial charge in [-0.15, -0.1) is 0 Å². The molecular formula is C14H24N2OS. The third-order valence-corrected chi connectivity index (χ3v) is 4.08. The van der Waals surface area contributed by atoms with E-state index in [-0.39, 0.29) is 0 Å². The molecule has 1 saturated heterocycles. The maximum atomic E-state index is 10.5. The van der Waals surface area contributed by atoms with Gasteiger partial charge in [0.15, 0.2) is 0 Å². The minimum Gasteiger partial charge on any atom is -0.387 e. The van der Waals surface area contributed by atoms with Crippen LogP contribution in [0.15, 0.2) is 16.8 Å². The van der Waals surface area contributed by atoms with E-state index in [2.05, 4.69) is 40.9 Å². The van der Waals surface area contributed by atoms with Crippen molar-refractivity contribution in [3.8, 4) is 0 Å². The second-order valence-electron chi connectivity index (χ2n) is 5.85. The van der Waals surface area contributed by atoms with Crippen LogP contribution in [0.5, 0.6) is 0 Å². The Morgan fingerprint density at radius 3 is 2.94 bits per heavy atom. The first-order valence-electron chi connectivity index (χ1n) is 6.74. The fraction of sp³-hybridized carbons (Fsp3) is 0.714. The van der Waals surface area contributed by atoms with Crippen molar-refractivity contribution in [2.24, 2.45) is 5.92 Å². The van der Waals surface area contributed by atoms with Crippen LogP contribution in [-0.4, -0.2) is 41.8 Å². The van der Waals surface area contributed by atoms with Crippen molar-refractivity contribution < 1.29 is 5.11 Å². The van der Waals surface area contributed by atoms with E-state index in [1.54, 1.807) is 11.3 Å². The molecule has 0 saturated carbocycles. The first-order valence-corrected chi connectivity index (χ1v) is 7.68. The van der Waals surface area contributed by atoms with E-state index in [0.29, 0.717) is 5.92 Å². The van der Waals surface area contributed by atoms with Crippen molar-refractivity contribution in [3.63, 3.8) is 0 Å². The van der Waals surface area contributed by atoms with Crippen molar-refractivity contribution in [2.45, 2.75) is 32.4 Å². The minimum atomic E-state index is -0.537. The van der Waals surface area contributed by atoms with Gasteiger partial charge in [0.25, 0.3) is 0 Å². The molecule has 0 spiro atoms. The molecule has 0 unspecified atom stereocenters. The van der Waals surface area contributed by atoms with Gasteiger partial charge >= 0.3 is 0 Å². The Bertz CT molecular complexity index is 345. The molecule has 102 valence electrons. The van der Waals surface area contributed by atoms with Gasteiger partial charge in [-0.05, 0) is 41.3 Å². The van der Waals surface area contributed by atoms with E-state index in [9.17, 15) is 5.11 Å². The van der Waals surface area contributed by atoms with Gasteiger partial charge in [0, 0.05) is 26.2 Å². The first kappa shape index (κ1) is 14.0. The van der Waals surface area contributed by atoms with E-state index in [1.807, 2.05) is 0 Å². The van der Waals surface area contributed by atoms with Gasteiger partial charge in [-0.1, -0.05) is 13.8 Å². The van der Waals surface area contributed by atoms with Gasteiger partial charge in [-0.3, -0.25) is 4.90 Å².